The monoisotopic (exact) mass is 496 g/mol. The summed E-state index contributed by atoms with van der Waals surface area (Å²) in [6.07, 6.45) is 2.72. The van der Waals surface area contributed by atoms with E-state index >= 15 is 0 Å². The first-order valence-electron chi connectivity index (χ1n) is 12.0. The molecule has 0 radical (unpaired) electrons. The summed E-state index contributed by atoms with van der Waals surface area (Å²) in [6.45, 7) is 7.01. The zero-order chi connectivity index (χ0) is 25.1. The number of sulfonamides is 1. The molecular formula is C26H32N4O4S. The van der Waals surface area contributed by atoms with Gasteiger partial charge in [0.25, 0.3) is 5.91 Å². The molecule has 1 amide bonds. The Balaban J connectivity index is 1.65. The number of nitrogens with zero attached hydrogens (tertiary/aromatic N) is 3. The second-order valence-corrected chi connectivity index (χ2v) is 11.4. The Morgan fingerprint density at radius 2 is 1.66 bits per heavy atom. The number of carbonyl (C=O) groups is 1. The smallest absolute Gasteiger partial charge is 0.257 e. The van der Waals surface area contributed by atoms with Crippen molar-refractivity contribution in [3.63, 3.8) is 0 Å². The van der Waals surface area contributed by atoms with Crippen LogP contribution in [-0.2, 0) is 20.2 Å². The average molecular weight is 497 g/mol. The van der Waals surface area contributed by atoms with Crippen LogP contribution in [-0.4, -0.2) is 58.0 Å². The molecule has 2 aliphatic rings. The van der Waals surface area contributed by atoms with Gasteiger partial charge in [-0.3, -0.25) is 4.79 Å². The lowest BCUT2D eigenvalue weighted by atomic mass is 9.86. The molecule has 2 heterocycles. The lowest BCUT2D eigenvalue weighted by molar-refractivity contribution is 0.102. The number of nitriles is 1. The van der Waals surface area contributed by atoms with Crippen LogP contribution in [0.4, 0.5) is 11.4 Å². The van der Waals surface area contributed by atoms with Crippen LogP contribution < -0.4 is 10.2 Å². The van der Waals surface area contributed by atoms with Crippen LogP contribution in [0.15, 0.2) is 47.4 Å². The maximum Gasteiger partial charge on any atom is 0.257 e. The molecule has 9 heteroatoms. The molecule has 2 aromatic rings. The fourth-order valence-electron chi connectivity index (χ4n) is 4.43. The molecule has 0 aliphatic carbocycles. The van der Waals surface area contributed by atoms with Crippen LogP contribution in [0.3, 0.4) is 0 Å². The van der Waals surface area contributed by atoms with Gasteiger partial charge in [0, 0.05) is 37.6 Å². The number of benzene rings is 2. The summed E-state index contributed by atoms with van der Waals surface area (Å²) in [7, 11) is -3.68. The number of nitrogens with one attached hydrogen (secondary N) is 1. The van der Waals surface area contributed by atoms with E-state index in [1.807, 2.05) is 30.9 Å². The van der Waals surface area contributed by atoms with E-state index in [9.17, 15) is 18.5 Å². The third-order valence-corrected chi connectivity index (χ3v) is 8.56. The number of hydrogen-bond acceptors (Lipinski definition) is 6. The van der Waals surface area contributed by atoms with Gasteiger partial charge in [-0.1, -0.05) is 18.6 Å². The van der Waals surface area contributed by atoms with Gasteiger partial charge < -0.3 is 15.0 Å². The van der Waals surface area contributed by atoms with Crippen molar-refractivity contribution >= 4 is 27.3 Å². The first-order valence-corrected chi connectivity index (χ1v) is 13.5. The summed E-state index contributed by atoms with van der Waals surface area (Å²) < 4.78 is 33.6. The zero-order valence-electron chi connectivity index (χ0n) is 20.3. The molecule has 2 aromatic carbocycles. The molecule has 0 aromatic heterocycles. The number of rotatable bonds is 6. The fraction of sp³-hybridized carbons (Fsp3) is 0.462. The highest BCUT2D eigenvalue weighted by atomic mass is 32.2. The molecular weight excluding hydrogens is 464 g/mol. The van der Waals surface area contributed by atoms with Gasteiger partial charge in [-0.25, -0.2) is 8.42 Å². The van der Waals surface area contributed by atoms with Crippen molar-refractivity contribution in [1.29, 1.82) is 5.26 Å². The number of carbonyl (C=O) groups excluding carboxylic acids is 1. The van der Waals surface area contributed by atoms with Gasteiger partial charge >= 0.3 is 0 Å². The molecule has 2 aliphatic heterocycles. The van der Waals surface area contributed by atoms with Crippen molar-refractivity contribution in [1.82, 2.24) is 4.31 Å². The lowest BCUT2D eigenvalue weighted by Gasteiger charge is -2.31. The summed E-state index contributed by atoms with van der Waals surface area (Å²) in [5, 5.41) is 12.3. The van der Waals surface area contributed by atoms with Crippen LogP contribution in [0, 0.1) is 11.3 Å². The molecule has 35 heavy (non-hydrogen) atoms. The van der Waals surface area contributed by atoms with E-state index < -0.39 is 15.4 Å². The number of ether oxygens (including phenoxy) is 1. The van der Waals surface area contributed by atoms with Crippen LogP contribution >= 0.6 is 0 Å². The van der Waals surface area contributed by atoms with Crippen LogP contribution in [0.1, 0.15) is 49.0 Å². The third kappa shape index (κ3) is 5.50. The van der Waals surface area contributed by atoms with E-state index in [2.05, 4.69) is 11.4 Å². The Morgan fingerprint density at radius 3 is 2.29 bits per heavy atom. The molecule has 0 unspecified atom stereocenters. The average Bonchev–Trinajstić information content (AvgIpc) is 2.89. The second kappa shape index (κ2) is 10.4. The number of amides is 1. The van der Waals surface area contributed by atoms with Gasteiger partial charge in [-0.05, 0) is 62.6 Å². The largest absolute Gasteiger partial charge is 0.378 e. The first kappa shape index (κ1) is 25.2. The van der Waals surface area contributed by atoms with Crippen LogP contribution in [0.5, 0.6) is 0 Å². The molecule has 0 spiro atoms. The van der Waals surface area contributed by atoms with Gasteiger partial charge in [0.05, 0.1) is 35.2 Å². The Morgan fingerprint density at radius 1 is 1.00 bits per heavy atom. The minimum atomic E-state index is -3.68. The van der Waals surface area contributed by atoms with Gasteiger partial charge in [0.15, 0.2) is 0 Å². The predicted molar refractivity (Wildman–Crippen MR) is 135 cm³/mol. The van der Waals surface area contributed by atoms with Crippen molar-refractivity contribution < 1.29 is 17.9 Å². The summed E-state index contributed by atoms with van der Waals surface area (Å²) in [5.74, 6) is -0.380. The standard InChI is InChI=1S/C26H32N4O4S/c1-26(2,19-27)20-6-8-21(9-7-20)28-25(31)23-18-22(35(32,33)30-12-4-3-5-13-30)10-11-24(23)29-14-16-34-17-15-29/h6-11,18H,3-5,12-17H2,1-2H3,(H,28,31). The molecule has 186 valence electrons. The van der Waals surface area contributed by atoms with Crippen molar-refractivity contribution in [2.24, 2.45) is 0 Å². The van der Waals surface area contributed by atoms with E-state index in [0.717, 1.165) is 24.8 Å². The topological polar surface area (TPSA) is 103 Å². The molecule has 4 rings (SSSR count). The first-order chi connectivity index (χ1) is 16.7. The zero-order valence-corrected chi connectivity index (χ0v) is 21.1. The number of hydrogen-bond donors (Lipinski definition) is 1. The highest BCUT2D eigenvalue weighted by molar-refractivity contribution is 7.89. The van der Waals surface area contributed by atoms with E-state index in [1.165, 1.54) is 10.4 Å². The van der Waals surface area contributed by atoms with Crippen molar-refractivity contribution in [2.75, 3.05) is 49.6 Å². The van der Waals surface area contributed by atoms with Crippen molar-refractivity contribution in [3.8, 4) is 6.07 Å². The predicted octanol–water partition coefficient (Wildman–Crippen LogP) is 3.75. The Kier molecular flexibility index (Phi) is 7.45. The Bertz CT molecular complexity index is 1210. The second-order valence-electron chi connectivity index (χ2n) is 9.51. The molecule has 2 fully saturated rings. The Labute approximate surface area is 207 Å². The normalized spacial score (nSPS) is 17.6. The number of piperidine rings is 1. The molecule has 0 bridgehead atoms. The minimum absolute atomic E-state index is 0.132. The fourth-order valence-corrected chi connectivity index (χ4v) is 5.97. The van der Waals surface area contributed by atoms with Crippen LogP contribution in [0.25, 0.3) is 0 Å². The molecule has 8 nitrogen and oxygen atoms in total. The van der Waals surface area contributed by atoms with Gasteiger partial charge in [0.2, 0.25) is 10.0 Å². The van der Waals surface area contributed by atoms with E-state index in [0.29, 0.717) is 56.3 Å². The van der Waals surface area contributed by atoms with Crippen molar-refractivity contribution in [3.05, 3.63) is 53.6 Å². The van der Waals surface area contributed by atoms with E-state index in [1.54, 1.807) is 24.3 Å². The van der Waals surface area contributed by atoms with Crippen LogP contribution in [0.2, 0.25) is 0 Å². The molecule has 0 atom stereocenters. The summed E-state index contributed by atoms with van der Waals surface area (Å²) >= 11 is 0. The maximum atomic E-state index is 13.4. The summed E-state index contributed by atoms with van der Waals surface area (Å²) in [6, 6.07) is 14.3. The molecule has 1 N–H and O–H groups in total. The van der Waals surface area contributed by atoms with E-state index in [-0.39, 0.29) is 10.8 Å². The van der Waals surface area contributed by atoms with Gasteiger partial charge in [-0.15, -0.1) is 0 Å². The molecule has 0 saturated carbocycles. The van der Waals surface area contributed by atoms with Crippen molar-refractivity contribution in [2.45, 2.75) is 43.4 Å². The minimum Gasteiger partial charge on any atom is -0.378 e. The SMILES string of the molecule is CC(C)(C#N)c1ccc(NC(=O)c2cc(S(=O)(=O)N3CCCCC3)ccc2N2CCOCC2)cc1. The van der Waals surface area contributed by atoms with Gasteiger partial charge in [0.1, 0.15) is 0 Å². The number of morpholine rings is 1. The maximum absolute atomic E-state index is 13.4. The highest BCUT2D eigenvalue weighted by Crippen LogP contribution is 2.29. The quantitative estimate of drug-likeness (QED) is 0.653. The van der Waals surface area contributed by atoms with E-state index in [4.69, 9.17) is 4.74 Å². The number of anilines is 2. The summed E-state index contributed by atoms with van der Waals surface area (Å²) in [5.41, 5.74) is 1.78. The van der Waals surface area contributed by atoms with Gasteiger partial charge in [-0.2, -0.15) is 9.57 Å². The highest BCUT2D eigenvalue weighted by Gasteiger charge is 2.29. The summed E-state index contributed by atoms with van der Waals surface area (Å²) in [4.78, 5) is 15.6. The Hall–Kier alpha value is -2.93. The lowest BCUT2D eigenvalue weighted by Crippen LogP contribution is -2.38. The molecule has 2 saturated heterocycles. The third-order valence-electron chi connectivity index (χ3n) is 6.66.